The summed E-state index contributed by atoms with van der Waals surface area (Å²) in [7, 11) is 1.88. The molecule has 1 saturated carbocycles. The van der Waals surface area contributed by atoms with Gasteiger partial charge in [0, 0.05) is 25.1 Å². The second-order valence-electron chi connectivity index (χ2n) is 5.68. The molecule has 106 valence electrons. The van der Waals surface area contributed by atoms with E-state index in [1.54, 1.807) is 0 Å². The molecule has 1 aliphatic rings. The van der Waals surface area contributed by atoms with Crippen molar-refractivity contribution in [2.24, 2.45) is 5.92 Å². The average molecular weight is 264 g/mol. The highest BCUT2D eigenvalue weighted by Gasteiger charge is 2.27. The fraction of sp³-hybridized carbons (Fsp3) is 0.714. The van der Waals surface area contributed by atoms with E-state index in [4.69, 9.17) is 0 Å². The van der Waals surface area contributed by atoms with Crippen molar-refractivity contribution < 1.29 is 5.11 Å². The fourth-order valence-corrected chi connectivity index (χ4v) is 2.32. The number of nitrogens with one attached hydrogen (secondary N) is 2. The van der Waals surface area contributed by atoms with E-state index in [2.05, 4.69) is 34.4 Å². The van der Waals surface area contributed by atoms with Crippen LogP contribution in [0.1, 0.15) is 44.0 Å². The van der Waals surface area contributed by atoms with Crippen LogP contribution in [0.4, 0.5) is 11.6 Å². The van der Waals surface area contributed by atoms with Crippen molar-refractivity contribution in [3.05, 3.63) is 11.4 Å². The van der Waals surface area contributed by atoms with Crippen LogP contribution < -0.4 is 10.6 Å². The molecule has 5 nitrogen and oxygen atoms in total. The van der Waals surface area contributed by atoms with Gasteiger partial charge in [-0.2, -0.15) is 0 Å². The van der Waals surface area contributed by atoms with Crippen molar-refractivity contribution in [3.8, 4) is 0 Å². The summed E-state index contributed by atoms with van der Waals surface area (Å²) in [6.07, 6.45) is 1.69. The minimum atomic E-state index is -0.0996. The lowest BCUT2D eigenvalue weighted by atomic mass is 9.82. The topological polar surface area (TPSA) is 70.1 Å². The third kappa shape index (κ3) is 3.15. The molecule has 0 saturated heterocycles. The monoisotopic (exact) mass is 264 g/mol. The van der Waals surface area contributed by atoms with Gasteiger partial charge in [0.25, 0.3) is 0 Å². The summed E-state index contributed by atoms with van der Waals surface area (Å²) in [5, 5.41) is 15.8. The largest absolute Gasteiger partial charge is 0.393 e. The van der Waals surface area contributed by atoms with E-state index in [1.165, 1.54) is 0 Å². The SMILES string of the molecule is CNc1nc(C(C)C)nc(NCC2CC(O)C2)c1C. The Bertz CT molecular complexity index is 441. The fourth-order valence-electron chi connectivity index (χ4n) is 2.32. The van der Waals surface area contributed by atoms with Gasteiger partial charge in [-0.1, -0.05) is 13.8 Å². The Labute approximate surface area is 114 Å². The van der Waals surface area contributed by atoms with E-state index in [9.17, 15) is 5.11 Å². The van der Waals surface area contributed by atoms with Crippen LogP contribution in [0.2, 0.25) is 0 Å². The average Bonchev–Trinajstić information content (AvgIpc) is 2.34. The third-order valence-corrected chi connectivity index (χ3v) is 3.69. The molecule has 3 N–H and O–H groups in total. The van der Waals surface area contributed by atoms with Crippen LogP contribution >= 0.6 is 0 Å². The molecule has 0 amide bonds. The highest BCUT2D eigenvalue weighted by Crippen LogP contribution is 2.28. The molecule has 0 aliphatic heterocycles. The van der Waals surface area contributed by atoms with Crippen molar-refractivity contribution >= 4 is 11.6 Å². The Morgan fingerprint density at radius 3 is 2.42 bits per heavy atom. The molecule has 0 radical (unpaired) electrons. The molecule has 0 unspecified atom stereocenters. The van der Waals surface area contributed by atoms with Crippen molar-refractivity contribution in [1.82, 2.24) is 9.97 Å². The van der Waals surface area contributed by atoms with Gasteiger partial charge in [0.05, 0.1) is 6.10 Å². The highest BCUT2D eigenvalue weighted by molar-refractivity contribution is 5.57. The maximum Gasteiger partial charge on any atom is 0.135 e. The first-order chi connectivity index (χ1) is 9.01. The quantitative estimate of drug-likeness (QED) is 0.760. The summed E-state index contributed by atoms with van der Waals surface area (Å²) in [4.78, 5) is 9.13. The number of hydrogen-bond donors (Lipinski definition) is 3. The van der Waals surface area contributed by atoms with E-state index in [0.29, 0.717) is 11.8 Å². The summed E-state index contributed by atoms with van der Waals surface area (Å²) < 4.78 is 0. The molecule has 1 fully saturated rings. The van der Waals surface area contributed by atoms with Crippen molar-refractivity contribution in [2.45, 2.75) is 45.6 Å². The summed E-state index contributed by atoms with van der Waals surface area (Å²) in [6.45, 7) is 7.08. The number of nitrogens with zero attached hydrogens (tertiary/aromatic N) is 2. The van der Waals surface area contributed by atoms with Crippen LogP contribution in [0.5, 0.6) is 0 Å². The van der Waals surface area contributed by atoms with Crippen LogP contribution in [0.15, 0.2) is 0 Å². The van der Waals surface area contributed by atoms with Crippen LogP contribution in [-0.4, -0.2) is 34.8 Å². The molecule has 1 aromatic heterocycles. The Morgan fingerprint density at radius 1 is 1.26 bits per heavy atom. The number of rotatable bonds is 5. The number of aliphatic hydroxyl groups is 1. The van der Waals surface area contributed by atoms with Crippen LogP contribution in [0.25, 0.3) is 0 Å². The molecule has 19 heavy (non-hydrogen) atoms. The number of anilines is 2. The Balaban J connectivity index is 2.11. The molecule has 1 heterocycles. The molecule has 2 rings (SSSR count). The highest BCUT2D eigenvalue weighted by atomic mass is 16.3. The van der Waals surface area contributed by atoms with E-state index in [0.717, 1.165) is 42.4 Å². The van der Waals surface area contributed by atoms with Gasteiger partial charge in [0.1, 0.15) is 17.5 Å². The lowest BCUT2D eigenvalue weighted by Gasteiger charge is -2.31. The van der Waals surface area contributed by atoms with Crippen molar-refractivity contribution in [2.75, 3.05) is 24.2 Å². The van der Waals surface area contributed by atoms with Gasteiger partial charge in [-0.05, 0) is 25.7 Å². The second kappa shape index (κ2) is 5.74. The molecule has 0 bridgehead atoms. The first kappa shape index (κ1) is 14.1. The zero-order valence-electron chi connectivity index (χ0n) is 12.2. The normalized spacial score (nSPS) is 22.2. The standard InChI is InChI=1S/C14H24N4O/c1-8(2)12-17-13(15-4)9(3)14(18-12)16-7-10-5-11(19)6-10/h8,10-11,19H,5-7H2,1-4H3,(H2,15,16,17,18). The van der Waals surface area contributed by atoms with E-state index >= 15 is 0 Å². The predicted molar refractivity (Wildman–Crippen MR) is 77.6 cm³/mol. The number of hydrogen-bond acceptors (Lipinski definition) is 5. The number of aromatic nitrogens is 2. The maximum atomic E-state index is 9.31. The first-order valence-electron chi connectivity index (χ1n) is 6.99. The second-order valence-corrected chi connectivity index (χ2v) is 5.68. The summed E-state index contributed by atoms with van der Waals surface area (Å²) in [5.74, 6) is 3.51. The predicted octanol–water partition coefficient (Wildman–Crippen LogP) is 2.13. The molecule has 0 atom stereocenters. The van der Waals surface area contributed by atoms with Gasteiger partial charge in [-0.3, -0.25) is 0 Å². The molecule has 5 heteroatoms. The van der Waals surface area contributed by atoms with Gasteiger partial charge in [-0.15, -0.1) is 0 Å². The zero-order chi connectivity index (χ0) is 14.0. The van der Waals surface area contributed by atoms with Gasteiger partial charge < -0.3 is 15.7 Å². The van der Waals surface area contributed by atoms with Gasteiger partial charge in [0.2, 0.25) is 0 Å². The molecule has 1 aliphatic carbocycles. The van der Waals surface area contributed by atoms with Gasteiger partial charge in [-0.25, -0.2) is 9.97 Å². The number of aliphatic hydroxyl groups excluding tert-OH is 1. The Morgan fingerprint density at radius 2 is 1.89 bits per heavy atom. The summed E-state index contributed by atoms with van der Waals surface area (Å²) >= 11 is 0. The van der Waals surface area contributed by atoms with Crippen LogP contribution in [0.3, 0.4) is 0 Å². The van der Waals surface area contributed by atoms with Crippen LogP contribution in [-0.2, 0) is 0 Å². The molecule has 0 aromatic carbocycles. The summed E-state index contributed by atoms with van der Waals surface area (Å²) in [6, 6.07) is 0. The third-order valence-electron chi connectivity index (χ3n) is 3.69. The Hall–Kier alpha value is -1.36. The molecule has 0 spiro atoms. The van der Waals surface area contributed by atoms with Crippen molar-refractivity contribution in [3.63, 3.8) is 0 Å². The smallest absolute Gasteiger partial charge is 0.135 e. The van der Waals surface area contributed by atoms with E-state index in [-0.39, 0.29) is 6.10 Å². The van der Waals surface area contributed by atoms with Crippen LogP contribution in [0, 0.1) is 12.8 Å². The molecule has 1 aromatic rings. The van der Waals surface area contributed by atoms with E-state index < -0.39 is 0 Å². The van der Waals surface area contributed by atoms with E-state index in [1.807, 2.05) is 14.0 Å². The molecular weight excluding hydrogens is 240 g/mol. The zero-order valence-corrected chi connectivity index (χ0v) is 12.2. The first-order valence-corrected chi connectivity index (χ1v) is 6.99. The van der Waals surface area contributed by atoms with Gasteiger partial charge >= 0.3 is 0 Å². The maximum absolute atomic E-state index is 9.31. The van der Waals surface area contributed by atoms with Crippen molar-refractivity contribution in [1.29, 1.82) is 0 Å². The summed E-state index contributed by atoms with van der Waals surface area (Å²) in [5.41, 5.74) is 1.05. The lowest BCUT2D eigenvalue weighted by Crippen LogP contribution is -2.33. The minimum absolute atomic E-state index is 0.0996. The Kier molecular flexibility index (Phi) is 4.24. The van der Waals surface area contributed by atoms with Gasteiger partial charge in [0.15, 0.2) is 0 Å². The molecular formula is C14H24N4O. The minimum Gasteiger partial charge on any atom is -0.393 e. The lowest BCUT2D eigenvalue weighted by molar-refractivity contribution is 0.0486.